The number of rotatable bonds is 2. The van der Waals surface area contributed by atoms with Gasteiger partial charge in [0.15, 0.2) is 0 Å². The molecule has 2 unspecified atom stereocenters. The van der Waals surface area contributed by atoms with Crippen LogP contribution in [0.25, 0.3) is 0 Å². The molecular formula is C12H20N2. The minimum Gasteiger partial charge on any atom is -0.294 e. The Morgan fingerprint density at radius 3 is 2.21 bits per heavy atom. The molecule has 2 atom stereocenters. The number of fused-ring (bicyclic) bond motifs is 3. The molecule has 2 nitrogen and oxygen atoms in total. The summed E-state index contributed by atoms with van der Waals surface area (Å²) in [7, 11) is 4.08. The molecule has 2 bridgehead atoms. The summed E-state index contributed by atoms with van der Waals surface area (Å²) in [5.74, 6) is 2.43. The van der Waals surface area contributed by atoms with Crippen molar-refractivity contribution in [2.75, 3.05) is 14.1 Å². The predicted octanol–water partition coefficient (Wildman–Crippen LogP) is 2.27. The van der Waals surface area contributed by atoms with Gasteiger partial charge in [-0.05, 0) is 51.1 Å². The summed E-state index contributed by atoms with van der Waals surface area (Å²) in [5, 5.41) is 9.19. The Morgan fingerprint density at radius 2 is 1.86 bits per heavy atom. The highest BCUT2D eigenvalue weighted by atomic mass is 15.1. The Hall–Kier alpha value is -0.550. The van der Waals surface area contributed by atoms with E-state index in [1.807, 2.05) is 14.1 Å². The van der Waals surface area contributed by atoms with Gasteiger partial charge in [-0.25, -0.2) is 0 Å². The summed E-state index contributed by atoms with van der Waals surface area (Å²) in [5.41, 5.74) is 0. The average molecular weight is 192 g/mol. The van der Waals surface area contributed by atoms with E-state index < -0.39 is 0 Å². The van der Waals surface area contributed by atoms with E-state index >= 15 is 0 Å². The van der Waals surface area contributed by atoms with Crippen LogP contribution in [0, 0.1) is 29.1 Å². The second-order valence-corrected chi connectivity index (χ2v) is 5.22. The summed E-state index contributed by atoms with van der Waals surface area (Å²) in [6.45, 7) is 0. The lowest BCUT2D eigenvalue weighted by molar-refractivity contribution is 0.0577. The van der Waals surface area contributed by atoms with Gasteiger partial charge >= 0.3 is 0 Å². The van der Waals surface area contributed by atoms with Crippen LogP contribution in [0.4, 0.5) is 0 Å². The van der Waals surface area contributed by atoms with Gasteiger partial charge in [0, 0.05) is 0 Å². The SMILES string of the molecule is CN(C)C(C#N)C1CC2CCC1CC2. The normalized spacial score (nSPS) is 38.3. The molecule has 3 fully saturated rings. The van der Waals surface area contributed by atoms with Crippen LogP contribution >= 0.6 is 0 Å². The van der Waals surface area contributed by atoms with E-state index in [9.17, 15) is 5.26 Å². The molecule has 0 amide bonds. The standard InChI is InChI=1S/C12H20N2/c1-14(2)12(8-13)11-7-9-3-5-10(11)6-4-9/h9-12H,3-7H2,1-2H3. The van der Waals surface area contributed by atoms with Crippen molar-refractivity contribution in [1.29, 1.82) is 5.26 Å². The minimum atomic E-state index is 0.156. The molecule has 0 saturated heterocycles. The zero-order chi connectivity index (χ0) is 10.1. The monoisotopic (exact) mass is 192 g/mol. The smallest absolute Gasteiger partial charge is 0.100 e. The topological polar surface area (TPSA) is 27.0 Å². The molecule has 3 aliphatic carbocycles. The van der Waals surface area contributed by atoms with E-state index in [1.165, 1.54) is 32.1 Å². The first-order chi connectivity index (χ1) is 6.72. The lowest BCUT2D eigenvalue weighted by Crippen LogP contribution is -2.43. The highest BCUT2D eigenvalue weighted by Crippen LogP contribution is 2.46. The molecule has 14 heavy (non-hydrogen) atoms. The Kier molecular flexibility index (Phi) is 2.78. The summed E-state index contributed by atoms with van der Waals surface area (Å²) >= 11 is 0. The van der Waals surface area contributed by atoms with Crippen molar-refractivity contribution in [3.63, 3.8) is 0 Å². The van der Waals surface area contributed by atoms with E-state index in [0.29, 0.717) is 5.92 Å². The minimum absolute atomic E-state index is 0.156. The average Bonchev–Trinajstić information content (AvgIpc) is 2.20. The van der Waals surface area contributed by atoms with Gasteiger partial charge in [0.25, 0.3) is 0 Å². The predicted molar refractivity (Wildman–Crippen MR) is 56.6 cm³/mol. The first kappa shape index (κ1) is 9.98. The molecule has 0 N–H and O–H groups in total. The maximum atomic E-state index is 9.19. The van der Waals surface area contributed by atoms with Crippen molar-refractivity contribution in [2.24, 2.45) is 17.8 Å². The number of hydrogen-bond acceptors (Lipinski definition) is 2. The molecular weight excluding hydrogens is 172 g/mol. The maximum Gasteiger partial charge on any atom is 0.100 e. The largest absolute Gasteiger partial charge is 0.294 e. The van der Waals surface area contributed by atoms with Crippen LogP contribution in [0.3, 0.4) is 0 Å². The second kappa shape index (κ2) is 3.90. The van der Waals surface area contributed by atoms with Crippen LogP contribution in [0.15, 0.2) is 0 Å². The van der Waals surface area contributed by atoms with Gasteiger partial charge in [0.05, 0.1) is 6.07 Å². The van der Waals surface area contributed by atoms with Crippen molar-refractivity contribution >= 4 is 0 Å². The van der Waals surface area contributed by atoms with E-state index in [4.69, 9.17) is 0 Å². The fourth-order valence-corrected chi connectivity index (χ4v) is 3.41. The third kappa shape index (κ3) is 1.66. The van der Waals surface area contributed by atoms with E-state index in [-0.39, 0.29) is 6.04 Å². The molecule has 3 saturated carbocycles. The zero-order valence-electron chi connectivity index (χ0n) is 9.24. The molecule has 0 aromatic heterocycles. The fourth-order valence-electron chi connectivity index (χ4n) is 3.41. The zero-order valence-corrected chi connectivity index (χ0v) is 9.24. The lowest BCUT2D eigenvalue weighted by atomic mass is 9.62. The van der Waals surface area contributed by atoms with Gasteiger partial charge in [-0.15, -0.1) is 0 Å². The molecule has 0 aromatic rings. The molecule has 0 aromatic carbocycles. The van der Waals surface area contributed by atoms with Gasteiger partial charge < -0.3 is 0 Å². The van der Waals surface area contributed by atoms with Gasteiger partial charge in [0.2, 0.25) is 0 Å². The van der Waals surface area contributed by atoms with Crippen molar-refractivity contribution in [3.05, 3.63) is 0 Å². The highest BCUT2D eigenvalue weighted by molar-refractivity contribution is 5.01. The summed E-state index contributed by atoms with van der Waals surface area (Å²) in [4.78, 5) is 2.10. The van der Waals surface area contributed by atoms with E-state index in [2.05, 4.69) is 11.0 Å². The Balaban J connectivity index is 2.07. The molecule has 0 heterocycles. The molecule has 0 spiro atoms. The Morgan fingerprint density at radius 1 is 1.21 bits per heavy atom. The number of hydrogen-bond donors (Lipinski definition) is 0. The molecule has 0 radical (unpaired) electrons. The maximum absolute atomic E-state index is 9.19. The van der Waals surface area contributed by atoms with Gasteiger partial charge in [-0.2, -0.15) is 5.26 Å². The van der Waals surface area contributed by atoms with Crippen LogP contribution in [0.1, 0.15) is 32.1 Å². The van der Waals surface area contributed by atoms with E-state index in [1.54, 1.807) is 0 Å². The third-order valence-corrected chi connectivity index (χ3v) is 4.20. The Bertz CT molecular complexity index is 233. The number of nitriles is 1. The number of nitrogens with zero attached hydrogens (tertiary/aromatic N) is 2. The molecule has 78 valence electrons. The second-order valence-electron chi connectivity index (χ2n) is 5.22. The van der Waals surface area contributed by atoms with Crippen LogP contribution in [0.5, 0.6) is 0 Å². The highest BCUT2D eigenvalue weighted by Gasteiger charge is 2.40. The van der Waals surface area contributed by atoms with Crippen molar-refractivity contribution in [3.8, 4) is 6.07 Å². The summed E-state index contributed by atoms with van der Waals surface area (Å²) in [6, 6.07) is 2.64. The van der Waals surface area contributed by atoms with E-state index in [0.717, 1.165) is 11.8 Å². The molecule has 3 rings (SSSR count). The summed E-state index contributed by atoms with van der Waals surface area (Å²) < 4.78 is 0. The quantitative estimate of drug-likeness (QED) is 0.671. The van der Waals surface area contributed by atoms with Crippen LogP contribution < -0.4 is 0 Å². The lowest BCUT2D eigenvalue weighted by Gasteiger charge is -2.45. The van der Waals surface area contributed by atoms with Crippen molar-refractivity contribution in [1.82, 2.24) is 4.90 Å². The van der Waals surface area contributed by atoms with Gasteiger partial charge in [0.1, 0.15) is 6.04 Å². The Labute approximate surface area is 86.9 Å². The first-order valence-corrected chi connectivity index (χ1v) is 5.78. The first-order valence-electron chi connectivity index (χ1n) is 5.78. The molecule has 3 aliphatic rings. The van der Waals surface area contributed by atoms with Gasteiger partial charge in [-0.1, -0.05) is 12.8 Å². The molecule has 0 aliphatic heterocycles. The van der Waals surface area contributed by atoms with Crippen LogP contribution in [0.2, 0.25) is 0 Å². The van der Waals surface area contributed by atoms with Crippen LogP contribution in [-0.2, 0) is 0 Å². The fraction of sp³-hybridized carbons (Fsp3) is 0.917. The van der Waals surface area contributed by atoms with Gasteiger partial charge in [-0.3, -0.25) is 4.90 Å². The van der Waals surface area contributed by atoms with Crippen LogP contribution in [-0.4, -0.2) is 25.0 Å². The third-order valence-electron chi connectivity index (χ3n) is 4.20. The molecule has 2 heteroatoms. The van der Waals surface area contributed by atoms with Crippen molar-refractivity contribution in [2.45, 2.75) is 38.1 Å². The summed E-state index contributed by atoms with van der Waals surface area (Å²) in [6.07, 6.45) is 6.91. The van der Waals surface area contributed by atoms with Crippen molar-refractivity contribution < 1.29 is 0 Å².